The summed E-state index contributed by atoms with van der Waals surface area (Å²) in [6, 6.07) is 10.3. The summed E-state index contributed by atoms with van der Waals surface area (Å²) in [5, 5.41) is 16.3. The summed E-state index contributed by atoms with van der Waals surface area (Å²) in [4.78, 5) is 30.1. The Labute approximate surface area is 204 Å². The van der Waals surface area contributed by atoms with Gasteiger partial charge in [-0.3, -0.25) is 9.78 Å². The summed E-state index contributed by atoms with van der Waals surface area (Å²) >= 11 is 0. The van der Waals surface area contributed by atoms with Crippen molar-refractivity contribution >= 4 is 39.5 Å². The molecule has 9 heteroatoms. The van der Waals surface area contributed by atoms with Crippen LogP contribution in [0.4, 0.5) is 11.8 Å². The minimum Gasteiger partial charge on any atom is -0.493 e. The molecule has 1 fully saturated rings. The molecular formula is C26H31N7O2. The maximum atomic E-state index is 11.9. The molecule has 0 aliphatic carbocycles. The highest BCUT2D eigenvalue weighted by molar-refractivity contribution is 5.94. The summed E-state index contributed by atoms with van der Waals surface area (Å²) in [7, 11) is 0. The number of nitrogens with one attached hydrogen (secondary N) is 1. The Morgan fingerprint density at radius 3 is 2.77 bits per heavy atom. The van der Waals surface area contributed by atoms with Crippen molar-refractivity contribution in [3.63, 3.8) is 0 Å². The average Bonchev–Trinajstić information content (AvgIpc) is 3.19. The fraction of sp³-hybridized carbons (Fsp3) is 0.385. The van der Waals surface area contributed by atoms with Gasteiger partial charge in [0.25, 0.3) is 0 Å². The number of carbonyl (C=O) groups excluding carboxylic acids is 1. The van der Waals surface area contributed by atoms with Gasteiger partial charge in [-0.2, -0.15) is 4.98 Å². The van der Waals surface area contributed by atoms with Crippen LogP contribution < -0.4 is 10.2 Å². The zero-order chi connectivity index (χ0) is 24.7. The summed E-state index contributed by atoms with van der Waals surface area (Å²) in [6.07, 6.45) is 3.77. The van der Waals surface area contributed by atoms with E-state index in [1.54, 1.807) is 6.92 Å². The van der Waals surface area contributed by atoms with Gasteiger partial charge in [0.05, 0.1) is 10.9 Å². The molecule has 1 atom stereocenters. The van der Waals surface area contributed by atoms with Crippen LogP contribution in [-0.4, -0.2) is 61.1 Å². The van der Waals surface area contributed by atoms with E-state index in [4.69, 9.17) is 9.97 Å². The first-order valence-electron chi connectivity index (χ1n) is 12.0. The third kappa shape index (κ3) is 4.34. The van der Waals surface area contributed by atoms with Crippen LogP contribution in [0.5, 0.6) is 5.88 Å². The lowest BCUT2D eigenvalue weighted by atomic mass is 10.1. The van der Waals surface area contributed by atoms with Crippen LogP contribution in [-0.2, 0) is 11.3 Å². The zero-order valence-electron chi connectivity index (χ0n) is 20.6. The van der Waals surface area contributed by atoms with Gasteiger partial charge in [0.2, 0.25) is 17.7 Å². The van der Waals surface area contributed by atoms with Crippen molar-refractivity contribution in [1.82, 2.24) is 24.4 Å². The van der Waals surface area contributed by atoms with Crippen molar-refractivity contribution in [2.45, 2.75) is 46.3 Å². The molecule has 2 N–H and O–H groups in total. The number of aromatic hydroxyl groups is 1. The standard InChI is InChI=1S/C26H31N7O2/c1-16(2)33-15-21-23(25(33)35)29-26(31-9-10-32(18(4)34)17(3)14-31)30-24(21)28-13-19-11-20-7-5-6-8-22(20)27-12-19/h5-8,11-12,15-17,35H,9-10,13-14H2,1-4H3,(H,28,29,30)/t17-/m0/s1. The van der Waals surface area contributed by atoms with E-state index in [9.17, 15) is 9.90 Å². The highest BCUT2D eigenvalue weighted by Crippen LogP contribution is 2.34. The van der Waals surface area contributed by atoms with Gasteiger partial charge in [-0.05, 0) is 38.5 Å². The smallest absolute Gasteiger partial charge is 0.228 e. The quantitative estimate of drug-likeness (QED) is 0.453. The molecule has 0 spiro atoms. The first kappa shape index (κ1) is 22.9. The molecule has 0 saturated carbocycles. The molecule has 0 radical (unpaired) electrons. The molecule has 1 saturated heterocycles. The van der Waals surface area contributed by atoms with Gasteiger partial charge >= 0.3 is 0 Å². The maximum absolute atomic E-state index is 11.9. The second kappa shape index (κ2) is 9.05. The Morgan fingerprint density at radius 2 is 2.03 bits per heavy atom. The third-order valence-corrected chi connectivity index (χ3v) is 6.64. The molecule has 3 aromatic heterocycles. The van der Waals surface area contributed by atoms with Gasteiger partial charge < -0.3 is 24.8 Å². The lowest BCUT2D eigenvalue weighted by molar-refractivity contribution is -0.131. The number of benzene rings is 1. The number of aromatic nitrogens is 4. The Morgan fingerprint density at radius 1 is 1.23 bits per heavy atom. The number of hydrogen-bond donors (Lipinski definition) is 2. The lowest BCUT2D eigenvalue weighted by Crippen LogP contribution is -2.53. The number of nitrogens with zero attached hydrogens (tertiary/aromatic N) is 6. The van der Waals surface area contributed by atoms with Crippen molar-refractivity contribution in [1.29, 1.82) is 0 Å². The number of amides is 1. The van der Waals surface area contributed by atoms with E-state index >= 15 is 0 Å². The molecule has 182 valence electrons. The molecule has 5 rings (SSSR count). The predicted octanol–water partition coefficient (Wildman–Crippen LogP) is 3.94. The number of carbonyl (C=O) groups is 1. The van der Waals surface area contributed by atoms with Crippen molar-refractivity contribution in [2.75, 3.05) is 29.9 Å². The normalized spacial score (nSPS) is 16.4. The summed E-state index contributed by atoms with van der Waals surface area (Å²) in [6.45, 7) is 10.1. The number of hydrogen-bond acceptors (Lipinski definition) is 7. The lowest BCUT2D eigenvalue weighted by Gasteiger charge is -2.39. The molecule has 9 nitrogen and oxygen atoms in total. The van der Waals surface area contributed by atoms with E-state index in [1.807, 2.05) is 60.8 Å². The Kier molecular flexibility index (Phi) is 5.92. The SMILES string of the molecule is CC(=O)N1CCN(c2nc(NCc3cnc4ccccc4c3)c3cn(C(C)C)c(O)c3n2)C[C@@H]1C. The largest absolute Gasteiger partial charge is 0.493 e. The number of fused-ring (bicyclic) bond motifs is 2. The maximum Gasteiger partial charge on any atom is 0.228 e. The Balaban J connectivity index is 1.49. The highest BCUT2D eigenvalue weighted by atomic mass is 16.3. The first-order chi connectivity index (χ1) is 16.8. The van der Waals surface area contributed by atoms with Gasteiger partial charge in [0.1, 0.15) is 11.3 Å². The van der Waals surface area contributed by atoms with Gasteiger partial charge in [0.15, 0.2) is 0 Å². The van der Waals surface area contributed by atoms with E-state index in [-0.39, 0.29) is 23.9 Å². The topological polar surface area (TPSA) is 99.4 Å². The van der Waals surface area contributed by atoms with Crippen LogP contribution in [0, 0.1) is 0 Å². The Hall–Kier alpha value is -3.88. The van der Waals surface area contributed by atoms with Gasteiger partial charge in [-0.25, -0.2) is 4.98 Å². The van der Waals surface area contributed by atoms with Crippen LogP contribution in [0.15, 0.2) is 42.7 Å². The average molecular weight is 474 g/mol. The van der Waals surface area contributed by atoms with Crippen molar-refractivity contribution < 1.29 is 9.90 Å². The van der Waals surface area contributed by atoms with Gasteiger partial charge in [-0.15, -0.1) is 0 Å². The highest BCUT2D eigenvalue weighted by Gasteiger charge is 2.28. The van der Waals surface area contributed by atoms with E-state index in [0.29, 0.717) is 43.5 Å². The van der Waals surface area contributed by atoms with Crippen molar-refractivity contribution in [3.05, 3.63) is 48.3 Å². The van der Waals surface area contributed by atoms with Gasteiger partial charge in [0, 0.05) is 63.0 Å². The molecule has 1 aromatic carbocycles. The summed E-state index contributed by atoms with van der Waals surface area (Å²) < 4.78 is 1.81. The molecule has 1 aliphatic rings. The van der Waals surface area contributed by atoms with E-state index < -0.39 is 0 Å². The van der Waals surface area contributed by atoms with Crippen LogP contribution >= 0.6 is 0 Å². The third-order valence-electron chi connectivity index (χ3n) is 6.64. The van der Waals surface area contributed by atoms with Crippen LogP contribution in [0.1, 0.15) is 39.3 Å². The molecule has 1 aliphatic heterocycles. The number of rotatable bonds is 5. The van der Waals surface area contributed by atoms with E-state index in [2.05, 4.69) is 27.3 Å². The molecule has 35 heavy (non-hydrogen) atoms. The molecule has 4 heterocycles. The van der Waals surface area contributed by atoms with Crippen molar-refractivity contribution in [2.24, 2.45) is 0 Å². The van der Waals surface area contributed by atoms with Crippen LogP contribution in [0.25, 0.3) is 21.8 Å². The minimum atomic E-state index is 0.0505. The predicted molar refractivity (Wildman–Crippen MR) is 138 cm³/mol. The van der Waals surface area contributed by atoms with E-state index in [0.717, 1.165) is 21.9 Å². The van der Waals surface area contributed by atoms with E-state index in [1.165, 1.54) is 0 Å². The van der Waals surface area contributed by atoms with Crippen molar-refractivity contribution in [3.8, 4) is 5.88 Å². The molecule has 0 unspecified atom stereocenters. The molecule has 4 aromatic rings. The van der Waals surface area contributed by atoms with Crippen LogP contribution in [0.2, 0.25) is 0 Å². The number of anilines is 2. The second-order valence-electron chi connectivity index (χ2n) is 9.49. The molecule has 1 amide bonds. The summed E-state index contributed by atoms with van der Waals surface area (Å²) in [5.74, 6) is 1.41. The monoisotopic (exact) mass is 473 g/mol. The molecule has 0 bridgehead atoms. The number of para-hydroxylation sites is 1. The Bertz CT molecular complexity index is 1400. The summed E-state index contributed by atoms with van der Waals surface area (Å²) in [5.41, 5.74) is 2.51. The fourth-order valence-electron chi connectivity index (χ4n) is 4.75. The molecular weight excluding hydrogens is 442 g/mol. The number of piperazine rings is 1. The number of pyridine rings is 1. The first-order valence-corrected chi connectivity index (χ1v) is 12.0. The second-order valence-corrected chi connectivity index (χ2v) is 9.49. The minimum absolute atomic E-state index is 0.0505. The zero-order valence-corrected chi connectivity index (χ0v) is 20.6. The fourth-order valence-corrected chi connectivity index (χ4v) is 4.75. The van der Waals surface area contributed by atoms with Crippen LogP contribution in [0.3, 0.4) is 0 Å². The van der Waals surface area contributed by atoms with Gasteiger partial charge in [-0.1, -0.05) is 18.2 Å².